The number of fused-ring (bicyclic) bond motifs is 1. The van der Waals surface area contributed by atoms with E-state index in [0.29, 0.717) is 25.9 Å². The summed E-state index contributed by atoms with van der Waals surface area (Å²) in [6.07, 6.45) is 6.66. The van der Waals surface area contributed by atoms with E-state index in [0.717, 1.165) is 30.9 Å². The van der Waals surface area contributed by atoms with Crippen LogP contribution < -0.4 is 4.74 Å². The van der Waals surface area contributed by atoms with Crippen LogP contribution in [0, 0.1) is 5.92 Å². The summed E-state index contributed by atoms with van der Waals surface area (Å²) in [6.45, 7) is 3.17. The second-order valence-electron chi connectivity index (χ2n) is 7.36. The topological polar surface area (TPSA) is 70.1 Å². The van der Waals surface area contributed by atoms with Gasteiger partial charge in [0, 0.05) is 38.6 Å². The Morgan fingerprint density at radius 2 is 1.92 bits per heavy atom. The lowest BCUT2D eigenvalue weighted by atomic mass is 9.76. The van der Waals surface area contributed by atoms with E-state index in [1.165, 1.54) is 10.6 Å². The third-order valence-electron chi connectivity index (χ3n) is 5.58. The lowest BCUT2D eigenvalue weighted by Crippen LogP contribution is -2.60. The second kappa shape index (κ2) is 7.68. The summed E-state index contributed by atoms with van der Waals surface area (Å²) < 4.78 is 30.3. The van der Waals surface area contributed by atoms with Gasteiger partial charge in [-0.3, -0.25) is 4.90 Å². The van der Waals surface area contributed by atoms with E-state index in [1.807, 2.05) is 24.3 Å². The summed E-state index contributed by atoms with van der Waals surface area (Å²) in [4.78, 5) is 2.28. The van der Waals surface area contributed by atoms with Crippen molar-refractivity contribution in [2.75, 3.05) is 46.1 Å². The number of benzene rings is 1. The van der Waals surface area contributed by atoms with Gasteiger partial charge in [0.25, 0.3) is 0 Å². The molecular formula is C19H28N2O4S. The predicted molar refractivity (Wildman–Crippen MR) is 103 cm³/mol. The van der Waals surface area contributed by atoms with E-state index in [4.69, 9.17) is 4.74 Å². The van der Waals surface area contributed by atoms with Crippen LogP contribution in [0.3, 0.4) is 0 Å². The lowest BCUT2D eigenvalue weighted by molar-refractivity contribution is -0.0993. The average molecular weight is 381 g/mol. The summed E-state index contributed by atoms with van der Waals surface area (Å²) in [5, 5.41) is 10.9. The van der Waals surface area contributed by atoms with Gasteiger partial charge in [-0.15, -0.1) is 0 Å². The standard InChI is InChI=1S/C19H28N2O4S/c1-25-18-7-5-16(6-8-18)4-3-11-20-12-9-19(22)10-13-21(26(2,23)24)15-17(19)14-20/h3-8,17,22H,9-15H2,1-2H3. The zero-order chi connectivity index (χ0) is 18.8. The summed E-state index contributed by atoms with van der Waals surface area (Å²) in [5.41, 5.74) is 0.387. The fraction of sp³-hybridized carbons (Fsp3) is 0.579. The number of nitrogens with zero attached hydrogens (tertiary/aromatic N) is 2. The van der Waals surface area contributed by atoms with Crippen LogP contribution in [0.2, 0.25) is 0 Å². The number of likely N-dealkylation sites (tertiary alicyclic amines) is 1. The highest BCUT2D eigenvalue weighted by atomic mass is 32.2. The van der Waals surface area contributed by atoms with Gasteiger partial charge >= 0.3 is 0 Å². The first-order chi connectivity index (χ1) is 12.3. The fourth-order valence-corrected chi connectivity index (χ4v) is 4.73. The van der Waals surface area contributed by atoms with Crippen molar-refractivity contribution in [2.45, 2.75) is 18.4 Å². The third-order valence-corrected chi connectivity index (χ3v) is 6.85. The molecular weight excluding hydrogens is 352 g/mol. The number of piperidine rings is 2. The van der Waals surface area contributed by atoms with Crippen molar-refractivity contribution in [3.8, 4) is 5.75 Å². The van der Waals surface area contributed by atoms with E-state index in [9.17, 15) is 13.5 Å². The number of aliphatic hydroxyl groups is 1. The Hall–Kier alpha value is -1.41. The molecule has 0 radical (unpaired) electrons. The molecule has 0 bridgehead atoms. The van der Waals surface area contributed by atoms with Crippen LogP contribution in [-0.2, 0) is 10.0 Å². The van der Waals surface area contributed by atoms with E-state index in [1.54, 1.807) is 7.11 Å². The molecule has 0 amide bonds. The molecule has 0 spiro atoms. The van der Waals surface area contributed by atoms with Gasteiger partial charge in [0.15, 0.2) is 0 Å². The maximum atomic E-state index is 11.8. The first-order valence-corrected chi connectivity index (χ1v) is 10.9. The first-order valence-electron chi connectivity index (χ1n) is 9.01. The molecule has 0 saturated carbocycles. The minimum absolute atomic E-state index is 0.0332. The molecule has 2 aliphatic rings. The highest BCUT2D eigenvalue weighted by Gasteiger charge is 2.46. The molecule has 0 aromatic heterocycles. The number of sulfonamides is 1. The number of methoxy groups -OCH3 is 1. The van der Waals surface area contributed by atoms with Crippen molar-refractivity contribution in [3.63, 3.8) is 0 Å². The summed E-state index contributed by atoms with van der Waals surface area (Å²) >= 11 is 0. The number of hydrogen-bond donors (Lipinski definition) is 1. The van der Waals surface area contributed by atoms with Crippen molar-refractivity contribution in [3.05, 3.63) is 35.9 Å². The molecule has 2 saturated heterocycles. The molecule has 6 nitrogen and oxygen atoms in total. The largest absolute Gasteiger partial charge is 0.497 e. The molecule has 1 N–H and O–H groups in total. The average Bonchev–Trinajstić information content (AvgIpc) is 2.61. The Morgan fingerprint density at radius 1 is 1.23 bits per heavy atom. The first kappa shape index (κ1) is 19.4. The SMILES string of the molecule is COc1ccc(C=CCN2CCC3(O)CCN(S(C)(=O)=O)CC3C2)cc1. The van der Waals surface area contributed by atoms with E-state index >= 15 is 0 Å². The molecule has 1 aromatic rings. The van der Waals surface area contributed by atoms with Crippen LogP contribution in [0.4, 0.5) is 0 Å². The fourth-order valence-electron chi connectivity index (χ4n) is 3.86. The molecule has 26 heavy (non-hydrogen) atoms. The second-order valence-corrected chi connectivity index (χ2v) is 9.34. The van der Waals surface area contributed by atoms with Crippen LogP contribution in [-0.4, -0.2) is 74.4 Å². The normalized spacial score (nSPS) is 28.2. The van der Waals surface area contributed by atoms with Crippen LogP contribution in [0.5, 0.6) is 5.75 Å². The van der Waals surface area contributed by atoms with Crippen molar-refractivity contribution in [2.24, 2.45) is 5.92 Å². The molecule has 2 atom stereocenters. The maximum absolute atomic E-state index is 11.8. The van der Waals surface area contributed by atoms with Gasteiger partial charge in [-0.2, -0.15) is 0 Å². The summed E-state index contributed by atoms with van der Waals surface area (Å²) in [5.74, 6) is 0.805. The van der Waals surface area contributed by atoms with Crippen LogP contribution in [0.15, 0.2) is 30.3 Å². The zero-order valence-corrected chi connectivity index (χ0v) is 16.3. The van der Waals surface area contributed by atoms with Crippen LogP contribution in [0.1, 0.15) is 18.4 Å². The molecule has 144 valence electrons. The highest BCUT2D eigenvalue weighted by molar-refractivity contribution is 7.88. The van der Waals surface area contributed by atoms with Crippen molar-refractivity contribution < 1.29 is 18.3 Å². The van der Waals surface area contributed by atoms with Gasteiger partial charge in [0.2, 0.25) is 10.0 Å². The molecule has 1 aromatic carbocycles. The van der Waals surface area contributed by atoms with Crippen molar-refractivity contribution in [1.29, 1.82) is 0 Å². The maximum Gasteiger partial charge on any atom is 0.211 e. The molecule has 0 aliphatic carbocycles. The van der Waals surface area contributed by atoms with Gasteiger partial charge in [0.05, 0.1) is 19.0 Å². The Kier molecular flexibility index (Phi) is 5.72. The van der Waals surface area contributed by atoms with Gasteiger partial charge in [0.1, 0.15) is 5.75 Å². The Balaban J connectivity index is 1.58. The number of ether oxygens (including phenoxy) is 1. The van der Waals surface area contributed by atoms with Gasteiger partial charge < -0.3 is 9.84 Å². The minimum Gasteiger partial charge on any atom is -0.497 e. The zero-order valence-electron chi connectivity index (χ0n) is 15.5. The molecule has 7 heteroatoms. The monoisotopic (exact) mass is 380 g/mol. The Bertz CT molecular complexity index is 747. The van der Waals surface area contributed by atoms with Gasteiger partial charge in [-0.25, -0.2) is 12.7 Å². The van der Waals surface area contributed by atoms with Gasteiger partial charge in [-0.05, 0) is 30.5 Å². The Labute approximate surface area is 156 Å². The summed E-state index contributed by atoms with van der Waals surface area (Å²) in [6, 6.07) is 7.88. The minimum atomic E-state index is -3.20. The smallest absolute Gasteiger partial charge is 0.211 e. The van der Waals surface area contributed by atoms with E-state index in [2.05, 4.69) is 17.1 Å². The van der Waals surface area contributed by atoms with Crippen LogP contribution >= 0.6 is 0 Å². The van der Waals surface area contributed by atoms with Crippen LogP contribution in [0.25, 0.3) is 6.08 Å². The lowest BCUT2D eigenvalue weighted by Gasteiger charge is -2.49. The summed E-state index contributed by atoms with van der Waals surface area (Å²) in [7, 11) is -1.55. The quantitative estimate of drug-likeness (QED) is 0.837. The predicted octanol–water partition coefficient (Wildman–Crippen LogP) is 1.43. The van der Waals surface area contributed by atoms with E-state index in [-0.39, 0.29) is 5.92 Å². The molecule has 2 fully saturated rings. The van der Waals surface area contributed by atoms with E-state index < -0.39 is 15.6 Å². The number of hydrogen-bond acceptors (Lipinski definition) is 5. The van der Waals surface area contributed by atoms with Gasteiger partial charge in [-0.1, -0.05) is 24.3 Å². The number of rotatable bonds is 5. The highest BCUT2D eigenvalue weighted by Crippen LogP contribution is 2.36. The molecule has 3 rings (SSSR count). The molecule has 2 aliphatic heterocycles. The van der Waals surface area contributed by atoms with Crippen molar-refractivity contribution in [1.82, 2.24) is 9.21 Å². The molecule has 2 heterocycles. The van der Waals surface area contributed by atoms with Crippen molar-refractivity contribution >= 4 is 16.1 Å². The Morgan fingerprint density at radius 3 is 2.58 bits per heavy atom. The third kappa shape index (κ3) is 4.46. The molecule has 2 unspecified atom stereocenters.